The van der Waals surface area contributed by atoms with Crippen molar-refractivity contribution in [2.45, 2.75) is 18.6 Å². The van der Waals surface area contributed by atoms with Gasteiger partial charge in [-0.2, -0.15) is 5.26 Å². The third kappa shape index (κ3) is 4.79. The maximum Gasteiger partial charge on any atom is 0.137 e. The Morgan fingerprint density at radius 2 is 2.00 bits per heavy atom. The highest BCUT2D eigenvalue weighted by atomic mass is 16.5. The number of β-amino-alcohol motifs (C(OH)–C–C–N with tert-alkyl or cyclic N) is 1. The van der Waals surface area contributed by atoms with Crippen molar-refractivity contribution < 1.29 is 20.1 Å². The van der Waals surface area contributed by atoms with Gasteiger partial charge in [-0.1, -0.05) is 12.1 Å². The standard InChI is InChI=1S/C14H20N2O4/c1-14(9-17,10-18)16-7-12(19)8-20-13-5-3-2-4-11(13)6-15/h2-5,12,16-19H,7-10H2,1H3. The molecule has 0 fully saturated rings. The Morgan fingerprint density at radius 1 is 1.35 bits per heavy atom. The van der Waals surface area contributed by atoms with Gasteiger partial charge in [0.25, 0.3) is 0 Å². The van der Waals surface area contributed by atoms with Crippen molar-refractivity contribution >= 4 is 0 Å². The molecular weight excluding hydrogens is 260 g/mol. The Morgan fingerprint density at radius 3 is 2.60 bits per heavy atom. The summed E-state index contributed by atoms with van der Waals surface area (Å²) in [4.78, 5) is 0. The summed E-state index contributed by atoms with van der Waals surface area (Å²) in [7, 11) is 0. The van der Waals surface area contributed by atoms with Gasteiger partial charge in [0, 0.05) is 6.54 Å². The minimum absolute atomic E-state index is 0.0125. The van der Waals surface area contributed by atoms with E-state index in [0.717, 1.165) is 0 Å². The Kier molecular flexibility index (Phi) is 6.42. The van der Waals surface area contributed by atoms with E-state index in [2.05, 4.69) is 5.32 Å². The molecule has 110 valence electrons. The molecule has 0 saturated carbocycles. The quantitative estimate of drug-likeness (QED) is 0.518. The van der Waals surface area contributed by atoms with Gasteiger partial charge in [-0.15, -0.1) is 0 Å². The molecule has 0 aliphatic rings. The van der Waals surface area contributed by atoms with Gasteiger partial charge in [-0.05, 0) is 19.1 Å². The molecular formula is C14H20N2O4. The monoisotopic (exact) mass is 280 g/mol. The van der Waals surface area contributed by atoms with Gasteiger partial charge < -0.3 is 25.4 Å². The van der Waals surface area contributed by atoms with E-state index in [1.165, 1.54) is 0 Å². The maximum atomic E-state index is 9.79. The fourth-order valence-electron chi connectivity index (χ4n) is 1.46. The van der Waals surface area contributed by atoms with Crippen LogP contribution in [-0.2, 0) is 0 Å². The van der Waals surface area contributed by atoms with Crippen molar-refractivity contribution in [1.82, 2.24) is 5.32 Å². The molecule has 0 aromatic heterocycles. The molecule has 1 unspecified atom stereocenters. The summed E-state index contributed by atoms with van der Waals surface area (Å²) in [5, 5.41) is 39.8. The number of nitrogens with one attached hydrogen (secondary N) is 1. The number of hydrogen-bond donors (Lipinski definition) is 4. The summed E-state index contributed by atoms with van der Waals surface area (Å²) < 4.78 is 5.38. The summed E-state index contributed by atoms with van der Waals surface area (Å²) >= 11 is 0. The first kappa shape index (κ1) is 16.4. The summed E-state index contributed by atoms with van der Waals surface area (Å²) in [5.74, 6) is 0.418. The number of rotatable bonds is 8. The highest BCUT2D eigenvalue weighted by molar-refractivity contribution is 5.42. The lowest BCUT2D eigenvalue weighted by Crippen LogP contribution is -2.52. The normalized spacial score (nSPS) is 12.8. The molecule has 6 heteroatoms. The fraction of sp³-hybridized carbons (Fsp3) is 0.500. The smallest absolute Gasteiger partial charge is 0.137 e. The second kappa shape index (κ2) is 7.82. The first-order valence-corrected chi connectivity index (χ1v) is 6.31. The number of nitriles is 1. The minimum Gasteiger partial charge on any atom is -0.489 e. The van der Waals surface area contributed by atoms with Crippen molar-refractivity contribution in [2.24, 2.45) is 0 Å². The van der Waals surface area contributed by atoms with Crippen molar-refractivity contribution in [3.05, 3.63) is 29.8 Å². The van der Waals surface area contributed by atoms with E-state index in [9.17, 15) is 5.11 Å². The van der Waals surface area contributed by atoms with Crippen LogP contribution < -0.4 is 10.1 Å². The van der Waals surface area contributed by atoms with Crippen LogP contribution in [0.5, 0.6) is 5.75 Å². The number of aliphatic hydroxyl groups is 3. The molecule has 1 aromatic rings. The van der Waals surface area contributed by atoms with Gasteiger partial charge in [0.2, 0.25) is 0 Å². The Balaban J connectivity index is 2.44. The van der Waals surface area contributed by atoms with E-state index < -0.39 is 11.6 Å². The molecule has 0 heterocycles. The lowest BCUT2D eigenvalue weighted by atomic mass is 10.1. The number of ether oxygens (including phenoxy) is 1. The zero-order chi connectivity index (χ0) is 15.0. The number of para-hydroxylation sites is 1. The van der Waals surface area contributed by atoms with Gasteiger partial charge in [0.05, 0.1) is 24.3 Å². The molecule has 0 aliphatic heterocycles. The third-order valence-electron chi connectivity index (χ3n) is 2.90. The molecule has 1 rings (SSSR count). The molecule has 0 amide bonds. The van der Waals surface area contributed by atoms with E-state index in [4.69, 9.17) is 20.2 Å². The van der Waals surface area contributed by atoms with Gasteiger partial charge in [0.15, 0.2) is 0 Å². The lowest BCUT2D eigenvalue weighted by molar-refractivity contribution is 0.0665. The maximum absolute atomic E-state index is 9.79. The van der Waals surface area contributed by atoms with Crippen molar-refractivity contribution in [3.8, 4) is 11.8 Å². The highest BCUT2D eigenvalue weighted by Gasteiger charge is 2.22. The molecule has 0 spiro atoms. The summed E-state index contributed by atoms with van der Waals surface area (Å²) in [6.07, 6.45) is -0.820. The van der Waals surface area contributed by atoms with Crippen LogP contribution in [0.4, 0.5) is 0 Å². The molecule has 0 aliphatic carbocycles. The Bertz CT molecular complexity index is 455. The zero-order valence-corrected chi connectivity index (χ0v) is 11.4. The summed E-state index contributed by atoms with van der Waals surface area (Å²) in [6, 6.07) is 8.77. The van der Waals surface area contributed by atoms with Crippen LogP contribution in [0.3, 0.4) is 0 Å². The second-order valence-corrected chi connectivity index (χ2v) is 4.83. The van der Waals surface area contributed by atoms with Crippen molar-refractivity contribution in [2.75, 3.05) is 26.4 Å². The van der Waals surface area contributed by atoms with Gasteiger partial charge >= 0.3 is 0 Å². The molecule has 0 bridgehead atoms. The van der Waals surface area contributed by atoms with Gasteiger partial charge in [0.1, 0.15) is 24.5 Å². The average molecular weight is 280 g/mol. The number of benzene rings is 1. The third-order valence-corrected chi connectivity index (χ3v) is 2.90. The number of aliphatic hydroxyl groups excluding tert-OH is 3. The molecule has 6 nitrogen and oxygen atoms in total. The van der Waals surface area contributed by atoms with Crippen LogP contribution in [0.1, 0.15) is 12.5 Å². The van der Waals surface area contributed by atoms with Gasteiger partial charge in [-0.25, -0.2) is 0 Å². The van der Waals surface area contributed by atoms with Crippen molar-refractivity contribution in [3.63, 3.8) is 0 Å². The van der Waals surface area contributed by atoms with E-state index in [1.54, 1.807) is 31.2 Å². The predicted octanol–water partition coefficient (Wildman–Crippen LogP) is -0.369. The number of nitrogens with zero attached hydrogens (tertiary/aromatic N) is 1. The Hall–Kier alpha value is -1.65. The van der Waals surface area contributed by atoms with E-state index >= 15 is 0 Å². The molecule has 0 radical (unpaired) electrons. The van der Waals surface area contributed by atoms with Crippen LogP contribution in [-0.4, -0.2) is 53.3 Å². The minimum atomic E-state index is -0.842. The van der Waals surface area contributed by atoms with E-state index in [0.29, 0.717) is 11.3 Å². The topological polar surface area (TPSA) is 106 Å². The molecule has 1 aromatic carbocycles. The molecule has 20 heavy (non-hydrogen) atoms. The van der Waals surface area contributed by atoms with Crippen LogP contribution >= 0.6 is 0 Å². The zero-order valence-electron chi connectivity index (χ0n) is 11.4. The summed E-state index contributed by atoms with van der Waals surface area (Å²) in [6.45, 7) is 1.33. The first-order valence-electron chi connectivity index (χ1n) is 6.31. The molecule has 0 saturated heterocycles. The first-order chi connectivity index (χ1) is 9.54. The predicted molar refractivity (Wildman–Crippen MR) is 73.2 cm³/mol. The summed E-state index contributed by atoms with van der Waals surface area (Å²) in [5.41, 5.74) is -0.436. The van der Waals surface area contributed by atoms with E-state index in [1.807, 2.05) is 6.07 Å². The SMILES string of the molecule is CC(CO)(CO)NCC(O)COc1ccccc1C#N. The largest absolute Gasteiger partial charge is 0.489 e. The van der Waals surface area contributed by atoms with E-state index in [-0.39, 0.29) is 26.4 Å². The van der Waals surface area contributed by atoms with Crippen LogP contribution in [0, 0.1) is 11.3 Å². The van der Waals surface area contributed by atoms with Crippen LogP contribution in [0.15, 0.2) is 24.3 Å². The Labute approximate surface area is 118 Å². The van der Waals surface area contributed by atoms with Gasteiger partial charge in [-0.3, -0.25) is 0 Å². The molecule has 1 atom stereocenters. The second-order valence-electron chi connectivity index (χ2n) is 4.83. The lowest BCUT2D eigenvalue weighted by Gasteiger charge is -2.27. The van der Waals surface area contributed by atoms with Crippen molar-refractivity contribution in [1.29, 1.82) is 5.26 Å². The molecule has 4 N–H and O–H groups in total. The van der Waals surface area contributed by atoms with Crippen LogP contribution in [0.2, 0.25) is 0 Å². The number of hydrogen-bond acceptors (Lipinski definition) is 6. The average Bonchev–Trinajstić information content (AvgIpc) is 2.50. The highest BCUT2D eigenvalue weighted by Crippen LogP contribution is 2.16. The van der Waals surface area contributed by atoms with Crippen LogP contribution in [0.25, 0.3) is 0 Å². The fourth-order valence-corrected chi connectivity index (χ4v) is 1.46.